The van der Waals surface area contributed by atoms with Crippen LogP contribution in [0.25, 0.3) is 0 Å². The lowest BCUT2D eigenvalue weighted by molar-refractivity contribution is 0.0702. The summed E-state index contributed by atoms with van der Waals surface area (Å²) in [4.78, 5) is 11.4. The number of hydrogen-bond acceptors (Lipinski definition) is 4. The zero-order chi connectivity index (χ0) is 14.9. The Morgan fingerprint density at radius 3 is 2.70 bits per heavy atom. The molecule has 0 fully saturated rings. The highest BCUT2D eigenvalue weighted by atomic mass is 32.2. The van der Waals surface area contributed by atoms with Crippen LogP contribution < -0.4 is 4.72 Å². The van der Waals surface area contributed by atoms with Crippen molar-refractivity contribution in [3.05, 3.63) is 39.8 Å². The number of sulfonamides is 1. The zero-order valence-electron chi connectivity index (χ0n) is 11.0. The van der Waals surface area contributed by atoms with Gasteiger partial charge in [-0.1, -0.05) is 0 Å². The molecule has 20 heavy (non-hydrogen) atoms. The van der Waals surface area contributed by atoms with E-state index in [0.29, 0.717) is 4.88 Å². The Hall–Kier alpha value is -1.64. The molecule has 0 bridgehead atoms. The van der Waals surface area contributed by atoms with Crippen LogP contribution in [0.4, 0.5) is 0 Å². The largest absolute Gasteiger partial charge is 0.477 e. The monoisotopic (exact) mass is 314 g/mol. The molecule has 0 spiro atoms. The number of carboxylic acids is 1. The predicted molar refractivity (Wildman–Crippen MR) is 75.5 cm³/mol. The van der Waals surface area contributed by atoms with Gasteiger partial charge in [0.15, 0.2) is 0 Å². The van der Waals surface area contributed by atoms with Crippen molar-refractivity contribution in [2.45, 2.75) is 18.4 Å². The minimum atomic E-state index is -3.71. The average Bonchev–Trinajstić information content (AvgIpc) is 2.93. The van der Waals surface area contributed by atoms with Crippen LogP contribution in [0.1, 0.15) is 20.2 Å². The molecule has 0 amide bonds. The van der Waals surface area contributed by atoms with Gasteiger partial charge in [0, 0.05) is 23.8 Å². The van der Waals surface area contributed by atoms with Gasteiger partial charge in [-0.2, -0.15) is 0 Å². The third kappa shape index (κ3) is 2.92. The van der Waals surface area contributed by atoms with E-state index >= 15 is 0 Å². The maximum atomic E-state index is 12.2. The van der Waals surface area contributed by atoms with Crippen molar-refractivity contribution in [1.82, 2.24) is 9.29 Å². The number of aromatic nitrogens is 1. The Balaban J connectivity index is 2.22. The highest BCUT2D eigenvalue weighted by Crippen LogP contribution is 2.25. The van der Waals surface area contributed by atoms with E-state index in [0.717, 1.165) is 17.0 Å². The summed E-state index contributed by atoms with van der Waals surface area (Å²) in [6.45, 7) is 1.75. The third-order valence-electron chi connectivity index (χ3n) is 2.87. The predicted octanol–water partition coefficient (Wildman–Crippen LogP) is 1.57. The van der Waals surface area contributed by atoms with Crippen molar-refractivity contribution in [2.24, 2.45) is 7.05 Å². The van der Waals surface area contributed by atoms with Gasteiger partial charge in [0.1, 0.15) is 4.88 Å². The Labute approximate surface area is 120 Å². The Bertz CT molecular complexity index is 743. The number of thiophene rings is 1. The van der Waals surface area contributed by atoms with Crippen molar-refractivity contribution >= 4 is 27.3 Å². The second-order valence-electron chi connectivity index (χ2n) is 4.27. The number of hydrogen-bond donors (Lipinski definition) is 2. The molecular formula is C12H14N2O4S2. The van der Waals surface area contributed by atoms with Gasteiger partial charge in [-0.3, -0.25) is 0 Å². The van der Waals surface area contributed by atoms with Gasteiger partial charge in [0.25, 0.3) is 0 Å². The van der Waals surface area contributed by atoms with Gasteiger partial charge in [0.2, 0.25) is 10.0 Å². The molecule has 8 heteroatoms. The van der Waals surface area contributed by atoms with Gasteiger partial charge < -0.3 is 9.67 Å². The molecule has 0 saturated carbocycles. The molecule has 2 aromatic rings. The van der Waals surface area contributed by atoms with E-state index in [1.165, 1.54) is 6.07 Å². The first kappa shape index (κ1) is 14.8. The quantitative estimate of drug-likeness (QED) is 0.877. The first-order valence-electron chi connectivity index (χ1n) is 5.75. The van der Waals surface area contributed by atoms with E-state index in [4.69, 9.17) is 5.11 Å². The van der Waals surface area contributed by atoms with Crippen molar-refractivity contribution < 1.29 is 18.3 Å². The fourth-order valence-electron chi connectivity index (χ4n) is 1.76. The summed E-state index contributed by atoms with van der Waals surface area (Å²) in [6, 6.07) is 4.82. The lowest BCUT2D eigenvalue weighted by atomic mass is 10.4. The molecule has 108 valence electrons. The molecule has 2 aromatic heterocycles. The molecule has 6 nitrogen and oxygen atoms in total. The van der Waals surface area contributed by atoms with Crippen LogP contribution >= 0.6 is 11.3 Å². The minimum Gasteiger partial charge on any atom is -0.477 e. The summed E-state index contributed by atoms with van der Waals surface area (Å²) < 4.78 is 28.7. The number of carboxylic acid groups (broad SMARTS) is 1. The lowest BCUT2D eigenvalue weighted by Gasteiger charge is -2.07. The van der Waals surface area contributed by atoms with Crippen molar-refractivity contribution in [3.8, 4) is 0 Å². The number of aryl methyl sites for hydroxylation is 2. The molecule has 0 radical (unpaired) electrons. The number of carbonyl (C=O) groups is 1. The Morgan fingerprint density at radius 1 is 1.50 bits per heavy atom. The van der Waals surface area contributed by atoms with E-state index in [1.807, 2.05) is 29.9 Å². The molecule has 0 atom stereocenters. The van der Waals surface area contributed by atoms with Gasteiger partial charge in [-0.15, -0.1) is 11.3 Å². The molecule has 2 rings (SSSR count). The second-order valence-corrected chi connectivity index (χ2v) is 7.26. The smallest absolute Gasteiger partial charge is 0.345 e. The van der Waals surface area contributed by atoms with Crippen LogP contribution in [0.2, 0.25) is 0 Å². The molecule has 0 aliphatic rings. The van der Waals surface area contributed by atoms with E-state index in [2.05, 4.69) is 4.72 Å². The fourth-order valence-corrected chi connectivity index (χ4v) is 4.19. The number of nitrogens with zero attached hydrogens (tertiary/aromatic N) is 1. The molecule has 0 saturated heterocycles. The topological polar surface area (TPSA) is 88.4 Å². The molecule has 0 aromatic carbocycles. The van der Waals surface area contributed by atoms with Gasteiger partial charge in [-0.25, -0.2) is 17.9 Å². The highest BCUT2D eigenvalue weighted by molar-refractivity contribution is 7.89. The zero-order valence-corrected chi connectivity index (χ0v) is 12.6. The van der Waals surface area contributed by atoms with E-state index in [9.17, 15) is 13.2 Å². The summed E-state index contributed by atoms with van der Waals surface area (Å²) in [5.41, 5.74) is 0.819. The van der Waals surface area contributed by atoms with Gasteiger partial charge in [0.05, 0.1) is 11.4 Å². The summed E-state index contributed by atoms with van der Waals surface area (Å²) in [5.74, 6) is -1.12. The summed E-state index contributed by atoms with van der Waals surface area (Å²) in [7, 11) is -1.89. The molecular weight excluding hydrogens is 300 g/mol. The Kier molecular flexibility index (Phi) is 3.98. The highest BCUT2D eigenvalue weighted by Gasteiger charge is 2.22. The lowest BCUT2D eigenvalue weighted by Crippen LogP contribution is -2.24. The summed E-state index contributed by atoms with van der Waals surface area (Å²) >= 11 is 0.952. The maximum Gasteiger partial charge on any atom is 0.345 e. The first-order chi connectivity index (χ1) is 9.31. The van der Waals surface area contributed by atoms with Crippen LogP contribution in [0.15, 0.2) is 29.3 Å². The van der Waals surface area contributed by atoms with Crippen LogP contribution in [-0.4, -0.2) is 24.1 Å². The van der Waals surface area contributed by atoms with Crippen LogP contribution in [0.5, 0.6) is 0 Å². The van der Waals surface area contributed by atoms with Crippen LogP contribution in [0, 0.1) is 6.92 Å². The number of rotatable bonds is 5. The Morgan fingerprint density at radius 2 is 2.20 bits per heavy atom. The standard InChI is InChI=1S/C12H14N2O4S2/c1-8-11(6-10(19-8)12(15)16)20(17,18)13-7-9-4-3-5-14(9)2/h3-6,13H,7H2,1-2H3,(H,15,16). The molecule has 2 N–H and O–H groups in total. The molecule has 0 aliphatic carbocycles. The van der Waals surface area contributed by atoms with Crippen molar-refractivity contribution in [3.63, 3.8) is 0 Å². The summed E-state index contributed by atoms with van der Waals surface area (Å²) in [6.07, 6.45) is 1.82. The number of aromatic carboxylic acids is 1. The third-order valence-corrected chi connectivity index (χ3v) is 5.56. The summed E-state index contributed by atoms with van der Waals surface area (Å²) in [5, 5.41) is 8.90. The van der Waals surface area contributed by atoms with Gasteiger partial charge in [-0.05, 0) is 25.1 Å². The number of nitrogens with one attached hydrogen (secondary N) is 1. The average molecular weight is 314 g/mol. The molecule has 0 unspecified atom stereocenters. The van der Waals surface area contributed by atoms with Crippen molar-refractivity contribution in [1.29, 1.82) is 0 Å². The van der Waals surface area contributed by atoms with E-state index in [-0.39, 0.29) is 16.3 Å². The van der Waals surface area contributed by atoms with E-state index in [1.54, 1.807) is 6.92 Å². The van der Waals surface area contributed by atoms with Crippen LogP contribution in [0.3, 0.4) is 0 Å². The first-order valence-corrected chi connectivity index (χ1v) is 8.05. The SMILES string of the molecule is Cc1sc(C(=O)O)cc1S(=O)(=O)NCc1cccn1C. The fraction of sp³-hybridized carbons (Fsp3) is 0.250. The molecule has 2 heterocycles. The van der Waals surface area contributed by atoms with Crippen molar-refractivity contribution in [2.75, 3.05) is 0 Å². The normalized spacial score (nSPS) is 11.7. The van der Waals surface area contributed by atoms with E-state index < -0.39 is 16.0 Å². The molecule has 0 aliphatic heterocycles. The maximum absolute atomic E-state index is 12.2. The van der Waals surface area contributed by atoms with Gasteiger partial charge >= 0.3 is 5.97 Å². The second kappa shape index (κ2) is 5.39. The minimum absolute atomic E-state index is 0.0155. The van der Waals surface area contributed by atoms with Crippen LogP contribution in [-0.2, 0) is 23.6 Å².